The summed E-state index contributed by atoms with van der Waals surface area (Å²) in [5.74, 6) is -4.19. The lowest BCUT2D eigenvalue weighted by molar-refractivity contribution is -0.127. The third kappa shape index (κ3) is 13.7. The van der Waals surface area contributed by atoms with Gasteiger partial charge in [0.25, 0.3) is 23.6 Å². The Morgan fingerprint density at radius 3 is 1.25 bits per heavy atom. The highest BCUT2D eigenvalue weighted by molar-refractivity contribution is 6.37. The molecule has 68 heavy (non-hydrogen) atoms. The Hall–Kier alpha value is -6.72. The van der Waals surface area contributed by atoms with Crippen LogP contribution in [0.3, 0.4) is 0 Å². The predicted octanol–water partition coefficient (Wildman–Crippen LogP) is 12.3. The Morgan fingerprint density at radius 1 is 0.544 bits per heavy atom. The van der Waals surface area contributed by atoms with Crippen molar-refractivity contribution in [3.63, 3.8) is 0 Å². The molecule has 0 heterocycles. The molecule has 0 aliphatic heterocycles. The minimum absolute atomic E-state index is 0.0120. The molecular formula is C48H46Cl4N8O8. The second kappa shape index (κ2) is 24.3. The van der Waals surface area contributed by atoms with Gasteiger partial charge in [-0.2, -0.15) is 20.5 Å². The predicted molar refractivity (Wildman–Crippen MR) is 264 cm³/mol. The molecular weight excluding hydrogens is 958 g/mol. The van der Waals surface area contributed by atoms with Crippen LogP contribution in [0.25, 0.3) is 0 Å². The van der Waals surface area contributed by atoms with Crippen molar-refractivity contribution in [3.05, 3.63) is 129 Å². The molecule has 4 N–H and O–H groups in total. The lowest BCUT2D eigenvalue weighted by Crippen LogP contribution is -2.32. The normalized spacial score (nSPS) is 13.0. The van der Waals surface area contributed by atoms with Crippen molar-refractivity contribution in [2.24, 2.45) is 20.5 Å². The summed E-state index contributed by atoms with van der Waals surface area (Å²) < 4.78 is 11.6. The van der Waals surface area contributed by atoms with E-state index >= 15 is 0 Å². The van der Waals surface area contributed by atoms with Crippen molar-refractivity contribution < 1.29 is 38.2 Å². The Labute approximate surface area is 412 Å². The quantitative estimate of drug-likeness (QED) is 0.0333. The van der Waals surface area contributed by atoms with Gasteiger partial charge in [0.15, 0.2) is 11.6 Å². The minimum Gasteiger partial charge on any atom is -0.492 e. The van der Waals surface area contributed by atoms with E-state index in [0.29, 0.717) is 11.4 Å². The van der Waals surface area contributed by atoms with Gasteiger partial charge in [0.05, 0.1) is 56.5 Å². The number of nitrogens with zero attached hydrogens (tertiary/aromatic N) is 4. The molecule has 4 unspecified atom stereocenters. The lowest BCUT2D eigenvalue weighted by atomic mass is 10.1. The summed E-state index contributed by atoms with van der Waals surface area (Å²) in [5.41, 5.74) is 2.78. The topological polar surface area (TPSA) is 218 Å². The number of azo groups is 2. The molecule has 20 heteroatoms. The Balaban J connectivity index is 1.34. The number of ether oxygens (including phenoxy) is 2. The number of carbonyl (C=O) groups is 6. The molecule has 0 fully saturated rings. The van der Waals surface area contributed by atoms with Crippen molar-refractivity contribution in [3.8, 4) is 11.5 Å². The molecule has 0 aliphatic rings. The average Bonchev–Trinajstić information content (AvgIpc) is 3.28. The molecule has 16 nitrogen and oxygen atoms in total. The molecule has 0 aromatic heterocycles. The number of halogens is 4. The van der Waals surface area contributed by atoms with Gasteiger partial charge in [-0.15, -0.1) is 23.2 Å². The zero-order chi connectivity index (χ0) is 49.7. The lowest BCUT2D eigenvalue weighted by Gasteiger charge is -2.19. The number of amides is 4. The highest BCUT2D eigenvalue weighted by Crippen LogP contribution is 2.38. The van der Waals surface area contributed by atoms with E-state index in [4.69, 9.17) is 55.9 Å². The zero-order valence-electron chi connectivity index (χ0n) is 37.5. The maximum Gasteiger partial charge on any atom is 0.258 e. The number of alkyl halides is 2. The largest absolute Gasteiger partial charge is 0.492 e. The van der Waals surface area contributed by atoms with Gasteiger partial charge in [0, 0.05) is 23.5 Å². The molecule has 5 rings (SSSR count). The number of rotatable bonds is 20. The molecule has 354 valence electrons. The molecule has 0 saturated carbocycles. The van der Waals surface area contributed by atoms with E-state index < -0.39 is 47.3 Å². The van der Waals surface area contributed by atoms with E-state index in [9.17, 15) is 28.8 Å². The molecule has 0 saturated heterocycles. The summed E-state index contributed by atoms with van der Waals surface area (Å²) in [6, 6.07) is 22.3. The highest BCUT2D eigenvalue weighted by atomic mass is 35.5. The fraction of sp³-hybridized carbons (Fsp3) is 0.250. The first-order chi connectivity index (χ1) is 32.4. The SMILES string of the molecule is CCOc1cc(NC(=O)C(N=Nc2cccc(C(=O)Nc3cccc(C(C)Cl)c3)c2Cl)C(C)=O)c(OCC)cc1NC(=O)C(N=Nc1cccc(C(=O)Nc2cccc(C(C)Cl)c2)c1Cl)C(C)=O. The van der Waals surface area contributed by atoms with Crippen molar-refractivity contribution in [1.29, 1.82) is 0 Å². The summed E-state index contributed by atoms with van der Waals surface area (Å²) in [6.45, 7) is 9.45. The number of Topliss-reactive ketones (excluding diaryl/α,β-unsaturated/α-hetero) is 2. The maximum absolute atomic E-state index is 13.7. The fourth-order valence-corrected chi connectivity index (χ4v) is 7.02. The highest BCUT2D eigenvalue weighted by Gasteiger charge is 2.28. The summed E-state index contributed by atoms with van der Waals surface area (Å²) in [4.78, 5) is 79.5. The van der Waals surface area contributed by atoms with Crippen LogP contribution in [-0.4, -0.2) is 60.5 Å². The standard InChI is InChI=1S/C48H46Cl4N8O8/c1-7-67-39-23-38(56-48(66)44(28(6)62)60-58-36-20-12-18-34(42(36)52)46(64)54-32-16-10-14-30(22-32)26(4)50)40(68-8-2)24-37(39)55-47(65)43(27(5)61)59-57-35-19-11-17-33(41(35)51)45(63)53-31-15-9-13-29(21-31)25(3)49/h9-26,43-44H,7-8H2,1-6H3,(H,53,63)(H,54,64)(H,55,65)(H,56,66). The van der Waals surface area contributed by atoms with E-state index in [-0.39, 0.29) is 79.4 Å². The first-order valence-electron chi connectivity index (χ1n) is 21.0. The summed E-state index contributed by atoms with van der Waals surface area (Å²) in [5, 5.41) is 26.2. The van der Waals surface area contributed by atoms with Crippen LogP contribution >= 0.6 is 46.4 Å². The number of hydrogen-bond acceptors (Lipinski definition) is 12. The molecule has 4 atom stereocenters. The van der Waals surface area contributed by atoms with Crippen LogP contribution in [0, 0.1) is 0 Å². The van der Waals surface area contributed by atoms with Crippen LogP contribution in [-0.2, 0) is 19.2 Å². The Morgan fingerprint density at radius 2 is 0.912 bits per heavy atom. The fourth-order valence-electron chi connectivity index (χ4n) is 6.25. The summed E-state index contributed by atoms with van der Waals surface area (Å²) >= 11 is 25.6. The van der Waals surface area contributed by atoms with E-state index in [1.165, 1.54) is 48.5 Å². The number of ketones is 2. The van der Waals surface area contributed by atoms with Gasteiger partial charge in [0.2, 0.25) is 12.1 Å². The van der Waals surface area contributed by atoms with Crippen molar-refractivity contribution in [2.75, 3.05) is 34.5 Å². The van der Waals surface area contributed by atoms with Gasteiger partial charge in [-0.05, 0) is 101 Å². The second-order valence-corrected chi connectivity index (χ2v) is 16.9. The number of benzene rings is 5. The van der Waals surface area contributed by atoms with Crippen LogP contribution < -0.4 is 30.7 Å². The Kier molecular flexibility index (Phi) is 18.7. The van der Waals surface area contributed by atoms with Crippen LogP contribution in [0.5, 0.6) is 11.5 Å². The van der Waals surface area contributed by atoms with E-state index in [0.717, 1.165) is 25.0 Å². The van der Waals surface area contributed by atoms with Gasteiger partial charge in [0.1, 0.15) is 22.9 Å². The summed E-state index contributed by atoms with van der Waals surface area (Å²) in [7, 11) is 0. The van der Waals surface area contributed by atoms with Crippen LogP contribution in [0.4, 0.5) is 34.1 Å². The third-order valence-electron chi connectivity index (χ3n) is 9.68. The molecule has 0 aliphatic carbocycles. The van der Waals surface area contributed by atoms with Gasteiger partial charge >= 0.3 is 0 Å². The Bertz CT molecular complexity index is 2600. The number of nitrogens with one attached hydrogen (secondary N) is 4. The summed E-state index contributed by atoms with van der Waals surface area (Å²) in [6.07, 6.45) is 0. The first-order valence-corrected chi connectivity index (χ1v) is 22.6. The molecule has 0 spiro atoms. The van der Waals surface area contributed by atoms with Crippen molar-refractivity contribution in [2.45, 2.75) is 64.4 Å². The number of carbonyl (C=O) groups excluding carboxylic acids is 6. The van der Waals surface area contributed by atoms with Crippen molar-refractivity contribution >= 4 is 116 Å². The van der Waals surface area contributed by atoms with Gasteiger partial charge in [-0.3, -0.25) is 28.8 Å². The maximum atomic E-state index is 13.7. The molecule has 0 bridgehead atoms. The minimum atomic E-state index is -1.68. The number of anilines is 4. The first kappa shape index (κ1) is 52.3. The second-order valence-electron chi connectivity index (χ2n) is 14.8. The number of hydrogen-bond donors (Lipinski definition) is 4. The van der Waals surface area contributed by atoms with Gasteiger partial charge in [-0.25, -0.2) is 0 Å². The van der Waals surface area contributed by atoms with Crippen LogP contribution in [0.1, 0.15) is 84.1 Å². The molecule has 5 aromatic carbocycles. The van der Waals surface area contributed by atoms with Crippen LogP contribution in [0.2, 0.25) is 10.0 Å². The van der Waals surface area contributed by atoms with Gasteiger partial charge < -0.3 is 30.7 Å². The molecule has 5 aromatic rings. The molecule has 4 amide bonds. The third-order valence-corrected chi connectivity index (χ3v) is 11.0. The monoisotopic (exact) mass is 1000 g/mol. The smallest absolute Gasteiger partial charge is 0.258 e. The molecule has 0 radical (unpaired) electrons. The van der Waals surface area contributed by atoms with E-state index in [1.807, 2.05) is 12.1 Å². The van der Waals surface area contributed by atoms with E-state index in [2.05, 4.69) is 41.7 Å². The van der Waals surface area contributed by atoms with E-state index in [1.54, 1.807) is 64.1 Å². The zero-order valence-corrected chi connectivity index (χ0v) is 40.6. The van der Waals surface area contributed by atoms with Gasteiger partial charge in [-0.1, -0.05) is 59.6 Å². The average molecular weight is 1000 g/mol. The van der Waals surface area contributed by atoms with Crippen molar-refractivity contribution in [1.82, 2.24) is 0 Å². The van der Waals surface area contributed by atoms with Crippen LogP contribution in [0.15, 0.2) is 118 Å².